The minimum Gasteiger partial charge on any atom is -0.507 e. The van der Waals surface area contributed by atoms with Gasteiger partial charge in [-0.05, 0) is 37.3 Å². The number of para-hydroxylation sites is 1. The maximum atomic E-state index is 12.2. The topological polar surface area (TPSA) is 90.4 Å². The Morgan fingerprint density at radius 2 is 1.92 bits per heavy atom. The summed E-state index contributed by atoms with van der Waals surface area (Å²) < 4.78 is 0. The molecule has 0 aliphatic heterocycles. The lowest BCUT2D eigenvalue weighted by Crippen LogP contribution is -2.19. The molecule has 0 radical (unpaired) electrons. The number of hydrazone groups is 1. The van der Waals surface area contributed by atoms with Gasteiger partial charge in [-0.2, -0.15) is 10.2 Å². The summed E-state index contributed by atoms with van der Waals surface area (Å²) in [5, 5.41) is 21.2. The van der Waals surface area contributed by atoms with E-state index >= 15 is 0 Å². The lowest BCUT2D eigenvalue weighted by molar-refractivity contribution is 0.0950. The number of phenolic OH excluding ortho intramolecular Hbond substituents is 1. The molecule has 0 fully saturated rings. The van der Waals surface area contributed by atoms with Crippen molar-refractivity contribution in [1.82, 2.24) is 15.6 Å². The number of amides is 1. The first-order chi connectivity index (χ1) is 12.0. The third kappa shape index (κ3) is 3.87. The van der Waals surface area contributed by atoms with E-state index in [4.69, 9.17) is 11.6 Å². The van der Waals surface area contributed by atoms with Crippen LogP contribution in [0.25, 0.3) is 11.3 Å². The van der Waals surface area contributed by atoms with Crippen molar-refractivity contribution in [1.29, 1.82) is 0 Å². The molecule has 0 aliphatic rings. The molecule has 6 nitrogen and oxygen atoms in total. The van der Waals surface area contributed by atoms with Crippen LogP contribution in [0, 0.1) is 0 Å². The van der Waals surface area contributed by atoms with Crippen LogP contribution >= 0.6 is 11.6 Å². The second-order valence-corrected chi connectivity index (χ2v) is 5.77. The summed E-state index contributed by atoms with van der Waals surface area (Å²) >= 11 is 5.86. The molecule has 0 atom stereocenters. The molecule has 0 aliphatic carbocycles. The van der Waals surface area contributed by atoms with E-state index in [0.29, 0.717) is 22.0 Å². The van der Waals surface area contributed by atoms with Gasteiger partial charge in [0.25, 0.3) is 5.91 Å². The number of rotatable bonds is 4. The first kappa shape index (κ1) is 16.7. The molecule has 1 amide bonds. The average Bonchev–Trinajstić information content (AvgIpc) is 3.10. The Kier molecular flexibility index (Phi) is 4.81. The maximum Gasteiger partial charge on any atom is 0.289 e. The van der Waals surface area contributed by atoms with Crippen LogP contribution in [0.1, 0.15) is 23.0 Å². The molecule has 1 aromatic heterocycles. The zero-order chi connectivity index (χ0) is 17.8. The largest absolute Gasteiger partial charge is 0.507 e. The van der Waals surface area contributed by atoms with Gasteiger partial charge in [-0.25, -0.2) is 5.43 Å². The van der Waals surface area contributed by atoms with Gasteiger partial charge in [0, 0.05) is 16.1 Å². The Bertz CT molecular complexity index is 932. The van der Waals surface area contributed by atoms with E-state index in [9.17, 15) is 9.90 Å². The SMILES string of the molecule is C/C(=N/NC(=O)c1cc(-c2ccc(Cl)cc2)n[nH]1)c1ccccc1O. The van der Waals surface area contributed by atoms with E-state index in [2.05, 4.69) is 20.7 Å². The summed E-state index contributed by atoms with van der Waals surface area (Å²) in [5.41, 5.74) is 5.23. The van der Waals surface area contributed by atoms with E-state index in [1.165, 1.54) is 0 Å². The molecule has 7 heteroatoms. The van der Waals surface area contributed by atoms with Gasteiger partial charge in [0.15, 0.2) is 0 Å². The number of aromatic hydroxyl groups is 1. The van der Waals surface area contributed by atoms with Crippen molar-refractivity contribution in [3.8, 4) is 17.0 Å². The standard InChI is InChI=1S/C18H15ClN4O2/c1-11(14-4-2-3-5-17(14)24)20-23-18(25)16-10-15(21-22-16)12-6-8-13(19)9-7-12/h2-10,24H,1H3,(H,21,22)(H,23,25)/b20-11-. The molecule has 0 bridgehead atoms. The summed E-state index contributed by atoms with van der Waals surface area (Å²) in [6.07, 6.45) is 0. The van der Waals surface area contributed by atoms with Crippen LogP contribution in [-0.2, 0) is 0 Å². The Hall–Kier alpha value is -3.12. The number of H-pyrrole nitrogens is 1. The molecular formula is C18H15ClN4O2. The van der Waals surface area contributed by atoms with Gasteiger partial charge in [0.2, 0.25) is 0 Å². The number of phenols is 1. The third-order valence-electron chi connectivity index (χ3n) is 3.58. The van der Waals surface area contributed by atoms with E-state index in [-0.39, 0.29) is 11.4 Å². The molecule has 3 aromatic rings. The van der Waals surface area contributed by atoms with Gasteiger partial charge in [-0.1, -0.05) is 35.9 Å². The third-order valence-corrected chi connectivity index (χ3v) is 3.83. The van der Waals surface area contributed by atoms with Crippen molar-refractivity contribution in [3.05, 3.63) is 70.9 Å². The van der Waals surface area contributed by atoms with E-state index in [1.54, 1.807) is 49.4 Å². The zero-order valence-corrected chi connectivity index (χ0v) is 14.1. The molecule has 3 rings (SSSR count). The Labute approximate surface area is 149 Å². The number of nitrogens with zero attached hydrogens (tertiary/aromatic N) is 2. The Balaban J connectivity index is 1.73. The highest BCUT2D eigenvalue weighted by Crippen LogP contribution is 2.20. The lowest BCUT2D eigenvalue weighted by Gasteiger charge is -2.03. The number of nitrogens with one attached hydrogen (secondary N) is 2. The maximum absolute atomic E-state index is 12.2. The predicted octanol–water partition coefficient (Wildman–Crippen LogP) is 3.59. The van der Waals surface area contributed by atoms with E-state index < -0.39 is 5.91 Å². The smallest absolute Gasteiger partial charge is 0.289 e. The molecule has 3 N–H and O–H groups in total. The highest BCUT2D eigenvalue weighted by atomic mass is 35.5. The number of hydrogen-bond acceptors (Lipinski definition) is 4. The van der Waals surface area contributed by atoms with E-state index in [0.717, 1.165) is 5.56 Å². The van der Waals surface area contributed by atoms with Crippen LogP contribution in [0.3, 0.4) is 0 Å². The molecule has 1 heterocycles. The molecule has 0 spiro atoms. The van der Waals surface area contributed by atoms with Crippen molar-refractivity contribution in [2.45, 2.75) is 6.92 Å². The molecule has 2 aromatic carbocycles. The Morgan fingerprint density at radius 1 is 1.20 bits per heavy atom. The predicted molar refractivity (Wildman–Crippen MR) is 96.8 cm³/mol. The first-order valence-corrected chi connectivity index (χ1v) is 7.87. The molecular weight excluding hydrogens is 340 g/mol. The average molecular weight is 355 g/mol. The first-order valence-electron chi connectivity index (χ1n) is 7.49. The fourth-order valence-electron chi connectivity index (χ4n) is 2.24. The van der Waals surface area contributed by atoms with Gasteiger partial charge >= 0.3 is 0 Å². The second kappa shape index (κ2) is 7.19. The summed E-state index contributed by atoms with van der Waals surface area (Å²) in [5.74, 6) is -0.327. The summed E-state index contributed by atoms with van der Waals surface area (Å²) in [4.78, 5) is 12.2. The summed E-state index contributed by atoms with van der Waals surface area (Å²) in [6.45, 7) is 1.70. The van der Waals surface area contributed by atoms with Crippen molar-refractivity contribution in [3.63, 3.8) is 0 Å². The normalized spacial score (nSPS) is 11.4. The summed E-state index contributed by atoms with van der Waals surface area (Å²) in [6, 6.07) is 15.6. The number of benzene rings is 2. The molecule has 0 saturated heterocycles. The highest BCUT2D eigenvalue weighted by molar-refractivity contribution is 6.30. The van der Waals surface area contributed by atoms with Crippen LogP contribution in [0.2, 0.25) is 5.02 Å². The van der Waals surface area contributed by atoms with Crippen molar-refractivity contribution in [2.75, 3.05) is 0 Å². The fraction of sp³-hybridized carbons (Fsp3) is 0.0556. The highest BCUT2D eigenvalue weighted by Gasteiger charge is 2.11. The second-order valence-electron chi connectivity index (χ2n) is 5.33. The van der Waals surface area contributed by atoms with Crippen molar-refractivity contribution >= 4 is 23.2 Å². The van der Waals surface area contributed by atoms with E-state index in [1.807, 2.05) is 12.1 Å². The minimum atomic E-state index is -0.428. The van der Waals surface area contributed by atoms with Gasteiger partial charge in [0.05, 0.1) is 11.4 Å². The van der Waals surface area contributed by atoms with Crippen LogP contribution in [0.15, 0.2) is 59.7 Å². The zero-order valence-electron chi connectivity index (χ0n) is 13.3. The van der Waals surface area contributed by atoms with Gasteiger partial charge in [-0.3, -0.25) is 9.89 Å². The molecule has 0 unspecified atom stereocenters. The van der Waals surface area contributed by atoms with Gasteiger partial charge in [-0.15, -0.1) is 0 Å². The van der Waals surface area contributed by atoms with Gasteiger partial charge < -0.3 is 5.11 Å². The van der Waals surface area contributed by atoms with Crippen LogP contribution in [0.5, 0.6) is 5.75 Å². The number of halogens is 1. The Morgan fingerprint density at radius 3 is 2.64 bits per heavy atom. The van der Waals surface area contributed by atoms with Crippen molar-refractivity contribution in [2.24, 2.45) is 5.10 Å². The van der Waals surface area contributed by atoms with Gasteiger partial charge in [0.1, 0.15) is 11.4 Å². The number of carbonyl (C=O) groups is 1. The number of aromatic amines is 1. The monoisotopic (exact) mass is 354 g/mol. The molecule has 126 valence electrons. The number of hydrogen-bond donors (Lipinski definition) is 3. The molecule has 0 saturated carbocycles. The summed E-state index contributed by atoms with van der Waals surface area (Å²) in [7, 11) is 0. The van der Waals surface area contributed by atoms with Crippen LogP contribution < -0.4 is 5.43 Å². The molecule has 25 heavy (non-hydrogen) atoms. The minimum absolute atomic E-state index is 0.101. The number of carbonyl (C=O) groups excluding carboxylic acids is 1. The van der Waals surface area contributed by atoms with Crippen molar-refractivity contribution < 1.29 is 9.90 Å². The lowest BCUT2D eigenvalue weighted by atomic mass is 10.1. The van der Waals surface area contributed by atoms with Crippen LogP contribution in [0.4, 0.5) is 0 Å². The fourth-order valence-corrected chi connectivity index (χ4v) is 2.37. The quantitative estimate of drug-likeness (QED) is 0.494. The number of aromatic nitrogens is 2. The van der Waals surface area contributed by atoms with Crippen LogP contribution in [-0.4, -0.2) is 26.9 Å².